The van der Waals surface area contributed by atoms with E-state index in [-0.39, 0.29) is 18.4 Å². The molecule has 1 N–H and O–H groups in total. The third-order valence-corrected chi connectivity index (χ3v) is 3.92. The van der Waals surface area contributed by atoms with Gasteiger partial charge in [0, 0.05) is 24.9 Å². The zero-order valence-corrected chi connectivity index (χ0v) is 11.9. The van der Waals surface area contributed by atoms with Crippen molar-refractivity contribution >= 4 is 17.5 Å². The number of aromatic nitrogens is 2. The number of carboxylic acid groups (broad SMARTS) is 1. The highest BCUT2D eigenvalue weighted by molar-refractivity contribution is 5.87. The molecule has 6 nitrogen and oxygen atoms in total. The van der Waals surface area contributed by atoms with E-state index in [0.717, 1.165) is 5.65 Å². The lowest BCUT2D eigenvalue weighted by Gasteiger charge is -2.29. The van der Waals surface area contributed by atoms with Gasteiger partial charge < -0.3 is 14.4 Å². The van der Waals surface area contributed by atoms with Crippen molar-refractivity contribution in [3.8, 4) is 0 Å². The molecular formula is C15H17N3O3. The molecule has 0 aromatic carbocycles. The Morgan fingerprint density at radius 1 is 1.43 bits per heavy atom. The molecule has 2 aromatic rings. The zero-order chi connectivity index (χ0) is 15.1. The number of aliphatic carboxylic acids is 1. The molecule has 110 valence electrons. The number of carboxylic acids is 1. The van der Waals surface area contributed by atoms with Gasteiger partial charge in [-0.15, -0.1) is 0 Å². The maximum Gasteiger partial charge on any atom is 0.309 e. The molecule has 3 rings (SSSR count). The third-order valence-electron chi connectivity index (χ3n) is 3.92. The van der Waals surface area contributed by atoms with Gasteiger partial charge in [-0.3, -0.25) is 9.59 Å². The third kappa shape index (κ3) is 2.16. The fourth-order valence-electron chi connectivity index (χ4n) is 3.03. The number of imidazole rings is 1. The van der Waals surface area contributed by atoms with Crippen molar-refractivity contribution < 1.29 is 14.7 Å². The fraction of sp³-hybridized carbons (Fsp3) is 0.400. The topological polar surface area (TPSA) is 74.9 Å². The quantitative estimate of drug-likeness (QED) is 0.932. The lowest BCUT2D eigenvalue weighted by Crippen LogP contribution is -2.36. The SMILES string of the molecule is CC(C)N1C(=O)CC(C(=O)O)C1c1cn2ccccc2n1. The van der Waals surface area contributed by atoms with E-state index in [4.69, 9.17) is 0 Å². The van der Waals surface area contributed by atoms with E-state index in [1.165, 1.54) is 0 Å². The minimum atomic E-state index is -0.950. The van der Waals surface area contributed by atoms with E-state index in [1.54, 1.807) is 4.90 Å². The Bertz CT molecular complexity index is 674. The summed E-state index contributed by atoms with van der Waals surface area (Å²) in [5, 5.41) is 9.42. The van der Waals surface area contributed by atoms with Crippen LogP contribution in [-0.2, 0) is 9.59 Å². The van der Waals surface area contributed by atoms with Gasteiger partial charge in [0.15, 0.2) is 0 Å². The lowest BCUT2D eigenvalue weighted by atomic mass is 9.98. The summed E-state index contributed by atoms with van der Waals surface area (Å²) in [7, 11) is 0. The largest absolute Gasteiger partial charge is 0.481 e. The van der Waals surface area contributed by atoms with Crippen molar-refractivity contribution in [1.82, 2.24) is 14.3 Å². The van der Waals surface area contributed by atoms with Crippen molar-refractivity contribution in [3.63, 3.8) is 0 Å². The second kappa shape index (κ2) is 4.87. The van der Waals surface area contributed by atoms with Crippen molar-refractivity contribution in [2.24, 2.45) is 5.92 Å². The number of amides is 1. The van der Waals surface area contributed by atoms with Crippen molar-refractivity contribution in [1.29, 1.82) is 0 Å². The summed E-state index contributed by atoms with van der Waals surface area (Å²) < 4.78 is 1.84. The summed E-state index contributed by atoms with van der Waals surface area (Å²) in [6.07, 6.45) is 3.70. The minimum absolute atomic E-state index is 0.0338. The molecule has 1 amide bonds. The second-order valence-corrected chi connectivity index (χ2v) is 5.62. The van der Waals surface area contributed by atoms with E-state index in [2.05, 4.69) is 4.98 Å². The molecule has 0 spiro atoms. The molecule has 1 saturated heterocycles. The highest BCUT2D eigenvalue weighted by atomic mass is 16.4. The standard InChI is InChI=1S/C15H17N3O3/c1-9(2)18-13(19)7-10(15(20)21)14(18)11-8-17-6-4-3-5-12(17)16-11/h3-6,8-10,14H,7H2,1-2H3,(H,20,21). The number of pyridine rings is 1. The van der Waals surface area contributed by atoms with Crippen LogP contribution in [0.15, 0.2) is 30.6 Å². The van der Waals surface area contributed by atoms with Gasteiger partial charge in [-0.2, -0.15) is 0 Å². The van der Waals surface area contributed by atoms with Gasteiger partial charge in [-0.1, -0.05) is 6.07 Å². The number of nitrogens with zero attached hydrogens (tertiary/aromatic N) is 3. The number of hydrogen-bond acceptors (Lipinski definition) is 3. The second-order valence-electron chi connectivity index (χ2n) is 5.62. The fourth-order valence-corrected chi connectivity index (χ4v) is 3.03. The van der Waals surface area contributed by atoms with Crippen LogP contribution < -0.4 is 0 Å². The Balaban J connectivity index is 2.10. The van der Waals surface area contributed by atoms with Gasteiger partial charge in [-0.05, 0) is 26.0 Å². The molecule has 1 aliphatic heterocycles. The average Bonchev–Trinajstić information content (AvgIpc) is 2.98. The van der Waals surface area contributed by atoms with Crippen LogP contribution in [0.2, 0.25) is 0 Å². The molecule has 0 bridgehead atoms. The molecule has 2 unspecified atom stereocenters. The van der Waals surface area contributed by atoms with E-state index < -0.39 is 17.9 Å². The summed E-state index contributed by atoms with van der Waals surface area (Å²) >= 11 is 0. The van der Waals surface area contributed by atoms with Crippen LogP contribution in [0.1, 0.15) is 32.0 Å². The molecular weight excluding hydrogens is 270 g/mol. The molecule has 2 aromatic heterocycles. The maximum atomic E-state index is 12.2. The zero-order valence-electron chi connectivity index (χ0n) is 11.9. The Morgan fingerprint density at radius 3 is 2.81 bits per heavy atom. The summed E-state index contributed by atoms with van der Waals surface area (Å²) in [6, 6.07) is 5.05. The smallest absolute Gasteiger partial charge is 0.309 e. The number of fused-ring (bicyclic) bond motifs is 1. The first-order valence-electron chi connectivity index (χ1n) is 6.96. The monoisotopic (exact) mass is 287 g/mol. The van der Waals surface area contributed by atoms with Gasteiger partial charge in [0.2, 0.25) is 5.91 Å². The normalized spacial score (nSPS) is 22.4. The Labute approximate surface area is 122 Å². The van der Waals surface area contributed by atoms with Crippen molar-refractivity contribution in [2.45, 2.75) is 32.4 Å². The Kier molecular flexibility index (Phi) is 3.16. The number of likely N-dealkylation sites (tertiary alicyclic amines) is 1. The van der Waals surface area contributed by atoms with Crippen LogP contribution in [0.4, 0.5) is 0 Å². The first kappa shape index (κ1) is 13.6. The number of carbonyl (C=O) groups excluding carboxylic acids is 1. The average molecular weight is 287 g/mol. The maximum absolute atomic E-state index is 12.2. The first-order chi connectivity index (χ1) is 9.99. The summed E-state index contributed by atoms with van der Waals surface area (Å²) in [5.74, 6) is -1.82. The van der Waals surface area contributed by atoms with Crippen LogP contribution in [0.25, 0.3) is 5.65 Å². The highest BCUT2D eigenvalue weighted by Gasteiger charge is 2.46. The molecule has 6 heteroatoms. The lowest BCUT2D eigenvalue weighted by molar-refractivity contribution is -0.142. The molecule has 0 radical (unpaired) electrons. The van der Waals surface area contributed by atoms with E-state index in [9.17, 15) is 14.7 Å². The van der Waals surface area contributed by atoms with E-state index in [0.29, 0.717) is 5.69 Å². The number of carbonyl (C=O) groups is 2. The Morgan fingerprint density at radius 2 is 2.19 bits per heavy atom. The van der Waals surface area contributed by atoms with Crippen LogP contribution >= 0.6 is 0 Å². The van der Waals surface area contributed by atoms with Gasteiger partial charge in [-0.25, -0.2) is 4.98 Å². The summed E-state index contributed by atoms with van der Waals surface area (Å²) in [5.41, 5.74) is 1.38. The van der Waals surface area contributed by atoms with Crippen molar-refractivity contribution in [2.75, 3.05) is 0 Å². The van der Waals surface area contributed by atoms with Gasteiger partial charge >= 0.3 is 5.97 Å². The molecule has 21 heavy (non-hydrogen) atoms. The molecule has 3 heterocycles. The predicted octanol–water partition coefficient (Wildman–Crippen LogP) is 1.72. The Hall–Kier alpha value is -2.37. The minimum Gasteiger partial charge on any atom is -0.481 e. The number of rotatable bonds is 3. The summed E-state index contributed by atoms with van der Waals surface area (Å²) in [6.45, 7) is 3.79. The molecule has 2 atom stereocenters. The van der Waals surface area contributed by atoms with Crippen LogP contribution in [0.5, 0.6) is 0 Å². The molecule has 0 aliphatic carbocycles. The predicted molar refractivity (Wildman–Crippen MR) is 75.7 cm³/mol. The van der Waals surface area contributed by atoms with Crippen LogP contribution in [0.3, 0.4) is 0 Å². The highest BCUT2D eigenvalue weighted by Crippen LogP contribution is 2.39. The number of hydrogen-bond donors (Lipinski definition) is 1. The van der Waals surface area contributed by atoms with Gasteiger partial charge in [0.1, 0.15) is 5.65 Å². The van der Waals surface area contributed by atoms with Crippen LogP contribution in [0, 0.1) is 5.92 Å². The van der Waals surface area contributed by atoms with Crippen LogP contribution in [-0.4, -0.2) is 37.3 Å². The summed E-state index contributed by atoms with van der Waals surface area (Å²) in [4.78, 5) is 29.8. The molecule has 0 saturated carbocycles. The first-order valence-corrected chi connectivity index (χ1v) is 6.96. The van der Waals surface area contributed by atoms with Gasteiger partial charge in [0.25, 0.3) is 0 Å². The van der Waals surface area contributed by atoms with Crippen molar-refractivity contribution in [3.05, 3.63) is 36.3 Å². The van der Waals surface area contributed by atoms with E-state index >= 15 is 0 Å². The van der Waals surface area contributed by atoms with E-state index in [1.807, 2.05) is 48.8 Å². The molecule has 1 fully saturated rings. The molecule has 1 aliphatic rings. The van der Waals surface area contributed by atoms with Gasteiger partial charge in [0.05, 0.1) is 17.7 Å².